The molecule has 6 heteroatoms. The number of hydrogen-bond donors (Lipinski definition) is 1. The fourth-order valence-corrected chi connectivity index (χ4v) is 3.23. The van der Waals surface area contributed by atoms with Gasteiger partial charge in [0.1, 0.15) is 5.82 Å². The third-order valence-corrected chi connectivity index (χ3v) is 4.10. The van der Waals surface area contributed by atoms with Crippen LogP contribution >= 0.6 is 22.6 Å². The number of benzene rings is 1. The van der Waals surface area contributed by atoms with Gasteiger partial charge in [0.2, 0.25) is 0 Å². The molecule has 1 N–H and O–H groups in total. The summed E-state index contributed by atoms with van der Waals surface area (Å²) in [5.41, 5.74) is 1.62. The summed E-state index contributed by atoms with van der Waals surface area (Å²) in [6.45, 7) is 2.77. The van der Waals surface area contributed by atoms with Gasteiger partial charge in [0.05, 0.1) is 21.4 Å². The van der Waals surface area contributed by atoms with Crippen molar-refractivity contribution in [3.8, 4) is 0 Å². The van der Waals surface area contributed by atoms with Gasteiger partial charge in [-0.3, -0.25) is 0 Å². The van der Waals surface area contributed by atoms with E-state index >= 15 is 0 Å². The summed E-state index contributed by atoms with van der Waals surface area (Å²) in [5.74, 6) is -1.47. The highest BCUT2D eigenvalue weighted by Crippen LogP contribution is 2.30. The van der Waals surface area contributed by atoms with Crippen LogP contribution in [0.5, 0.6) is 0 Å². The zero-order valence-corrected chi connectivity index (χ0v) is 12.7. The van der Waals surface area contributed by atoms with Crippen LogP contribution in [0.3, 0.4) is 0 Å². The lowest BCUT2D eigenvalue weighted by molar-refractivity contribution is 0.0697. The van der Waals surface area contributed by atoms with E-state index in [-0.39, 0.29) is 5.56 Å². The van der Waals surface area contributed by atoms with Crippen molar-refractivity contribution in [2.24, 2.45) is 0 Å². The van der Waals surface area contributed by atoms with E-state index in [1.165, 1.54) is 12.1 Å². The van der Waals surface area contributed by atoms with Crippen LogP contribution in [0.4, 0.5) is 4.39 Å². The molecule has 0 atom stereocenters. The first-order valence-electron chi connectivity index (χ1n) is 5.67. The molecule has 4 nitrogen and oxygen atoms in total. The van der Waals surface area contributed by atoms with Gasteiger partial charge >= 0.3 is 5.97 Å². The van der Waals surface area contributed by atoms with Crippen molar-refractivity contribution in [2.45, 2.75) is 13.5 Å². The van der Waals surface area contributed by atoms with E-state index in [0.717, 1.165) is 11.1 Å². The van der Waals surface area contributed by atoms with Gasteiger partial charge in [0, 0.05) is 19.0 Å². The number of fused-ring (bicyclic) bond motifs is 1. The Morgan fingerprint density at radius 1 is 1.53 bits per heavy atom. The van der Waals surface area contributed by atoms with Crippen molar-refractivity contribution in [3.05, 3.63) is 32.8 Å². The van der Waals surface area contributed by atoms with Gasteiger partial charge in [-0.1, -0.05) is 0 Å². The molecule has 0 fully saturated rings. The number of carboxylic acid groups (broad SMARTS) is 1. The number of ether oxygens (including phenoxy) is 1. The van der Waals surface area contributed by atoms with E-state index in [4.69, 9.17) is 4.74 Å². The summed E-state index contributed by atoms with van der Waals surface area (Å²) >= 11 is 1.98. The maximum Gasteiger partial charge on any atom is 0.339 e. The largest absolute Gasteiger partial charge is 0.478 e. The molecule has 0 radical (unpaired) electrons. The van der Waals surface area contributed by atoms with Crippen molar-refractivity contribution in [1.82, 2.24) is 4.57 Å². The molecule has 0 aliphatic heterocycles. The van der Waals surface area contributed by atoms with Crippen molar-refractivity contribution in [1.29, 1.82) is 0 Å². The van der Waals surface area contributed by atoms with Gasteiger partial charge in [-0.25, -0.2) is 9.18 Å². The topological polar surface area (TPSA) is 51.5 Å². The number of halogens is 2. The first kappa shape index (κ1) is 14.3. The number of aromatic carboxylic acids is 1. The number of methoxy groups -OCH3 is 1. The van der Waals surface area contributed by atoms with E-state index in [2.05, 4.69) is 0 Å². The number of carboxylic acids is 1. The molecule has 1 aromatic heterocycles. The highest BCUT2D eigenvalue weighted by Gasteiger charge is 2.22. The minimum absolute atomic E-state index is 0.148. The van der Waals surface area contributed by atoms with Crippen LogP contribution in [-0.4, -0.2) is 29.4 Å². The molecule has 0 unspecified atom stereocenters. The molecule has 2 aromatic rings. The van der Waals surface area contributed by atoms with E-state index < -0.39 is 11.8 Å². The van der Waals surface area contributed by atoms with Gasteiger partial charge in [0.25, 0.3) is 0 Å². The number of aryl methyl sites for hydroxylation is 1. The summed E-state index contributed by atoms with van der Waals surface area (Å²) in [5, 5.41) is 9.75. The third-order valence-electron chi connectivity index (χ3n) is 2.98. The van der Waals surface area contributed by atoms with Crippen LogP contribution in [-0.2, 0) is 11.3 Å². The Balaban J connectivity index is 2.80. The fourth-order valence-electron chi connectivity index (χ4n) is 2.22. The normalized spacial score (nSPS) is 11.2. The maximum atomic E-state index is 13.5. The van der Waals surface area contributed by atoms with Crippen molar-refractivity contribution in [3.63, 3.8) is 0 Å². The molecule has 0 amide bonds. The Hall–Kier alpha value is -1.15. The SMILES string of the molecule is COCCn1c(I)c(C(=O)O)c2cc(F)cc(C)c21. The monoisotopic (exact) mass is 377 g/mol. The molecule has 0 saturated carbocycles. The van der Waals surface area contributed by atoms with Gasteiger partial charge in [-0.2, -0.15) is 0 Å². The molecule has 2 rings (SSSR count). The van der Waals surface area contributed by atoms with Crippen LogP contribution in [0.25, 0.3) is 10.9 Å². The first-order chi connectivity index (χ1) is 8.97. The van der Waals surface area contributed by atoms with E-state index in [9.17, 15) is 14.3 Å². The summed E-state index contributed by atoms with van der Waals surface area (Å²) in [6.07, 6.45) is 0. The molecule has 1 heterocycles. The first-order valence-corrected chi connectivity index (χ1v) is 6.75. The minimum atomic E-state index is -1.05. The number of nitrogens with zero attached hydrogens (tertiary/aromatic N) is 1. The second kappa shape index (κ2) is 5.46. The smallest absolute Gasteiger partial charge is 0.339 e. The second-order valence-corrected chi connectivity index (χ2v) is 5.26. The zero-order chi connectivity index (χ0) is 14.2. The van der Waals surface area contributed by atoms with Crippen LogP contribution in [0, 0.1) is 16.4 Å². The Morgan fingerprint density at radius 2 is 2.21 bits per heavy atom. The Labute approximate surface area is 123 Å². The highest BCUT2D eigenvalue weighted by atomic mass is 127. The third kappa shape index (κ3) is 2.46. The van der Waals surface area contributed by atoms with E-state index in [1.54, 1.807) is 14.0 Å². The van der Waals surface area contributed by atoms with Gasteiger partial charge in [0.15, 0.2) is 0 Å². The molecule has 0 saturated heterocycles. The van der Waals surface area contributed by atoms with E-state index in [0.29, 0.717) is 22.2 Å². The zero-order valence-electron chi connectivity index (χ0n) is 10.5. The lowest BCUT2D eigenvalue weighted by Gasteiger charge is -2.08. The Bertz CT molecular complexity index is 651. The molecular weight excluding hydrogens is 364 g/mol. The molecule has 102 valence electrons. The van der Waals surface area contributed by atoms with Crippen molar-refractivity contribution >= 4 is 39.5 Å². The molecule has 0 aliphatic rings. The number of aromatic nitrogens is 1. The van der Waals surface area contributed by atoms with Crippen LogP contribution < -0.4 is 0 Å². The van der Waals surface area contributed by atoms with Gasteiger partial charge < -0.3 is 14.4 Å². The average molecular weight is 377 g/mol. The second-order valence-electron chi connectivity index (χ2n) is 4.23. The van der Waals surface area contributed by atoms with Crippen LogP contribution in [0.2, 0.25) is 0 Å². The predicted molar refractivity (Wildman–Crippen MR) is 78.2 cm³/mol. The maximum absolute atomic E-state index is 13.5. The quantitative estimate of drug-likeness (QED) is 0.834. The molecule has 1 aromatic carbocycles. The Kier molecular flexibility index (Phi) is 4.10. The molecular formula is C13H13FINO3. The fraction of sp³-hybridized carbons (Fsp3) is 0.308. The van der Waals surface area contributed by atoms with Crippen LogP contribution in [0.15, 0.2) is 12.1 Å². The standard InChI is InChI=1S/C13H13FINO3/c1-7-5-8(14)6-9-10(13(17)18)12(15)16(11(7)9)3-4-19-2/h5-6H,3-4H2,1-2H3,(H,17,18). The van der Waals surface area contributed by atoms with Crippen LogP contribution in [0.1, 0.15) is 15.9 Å². The van der Waals surface area contributed by atoms with Crippen molar-refractivity contribution in [2.75, 3.05) is 13.7 Å². The lowest BCUT2D eigenvalue weighted by Crippen LogP contribution is -2.08. The lowest BCUT2D eigenvalue weighted by atomic mass is 10.1. The summed E-state index contributed by atoms with van der Waals surface area (Å²) in [7, 11) is 1.59. The Morgan fingerprint density at radius 3 is 2.79 bits per heavy atom. The number of hydrogen-bond acceptors (Lipinski definition) is 2. The predicted octanol–water partition coefficient (Wildman–Crippen LogP) is 3.04. The number of rotatable bonds is 4. The number of carbonyl (C=O) groups is 1. The van der Waals surface area contributed by atoms with Gasteiger partial charge in [-0.15, -0.1) is 0 Å². The van der Waals surface area contributed by atoms with E-state index in [1.807, 2.05) is 27.2 Å². The molecule has 0 aliphatic carbocycles. The molecule has 19 heavy (non-hydrogen) atoms. The highest BCUT2D eigenvalue weighted by molar-refractivity contribution is 14.1. The molecule has 0 spiro atoms. The summed E-state index contributed by atoms with van der Waals surface area (Å²) in [6, 6.07) is 2.69. The minimum Gasteiger partial charge on any atom is -0.478 e. The van der Waals surface area contributed by atoms with Gasteiger partial charge in [-0.05, 0) is 47.2 Å². The average Bonchev–Trinajstić information content (AvgIpc) is 2.58. The molecule has 0 bridgehead atoms. The van der Waals surface area contributed by atoms with Crippen molar-refractivity contribution < 1.29 is 19.0 Å². The summed E-state index contributed by atoms with van der Waals surface area (Å²) in [4.78, 5) is 11.4. The summed E-state index contributed by atoms with van der Waals surface area (Å²) < 4.78 is 21.0.